The number of H-pyrrole nitrogens is 1. The third-order valence-electron chi connectivity index (χ3n) is 4.05. The topological polar surface area (TPSA) is 67.0 Å². The minimum atomic E-state index is -0.301. The highest BCUT2D eigenvalue weighted by Crippen LogP contribution is 2.42. The Morgan fingerprint density at radius 2 is 2.21 bits per heavy atom. The number of rotatable bonds is 5. The van der Waals surface area contributed by atoms with Crippen molar-refractivity contribution in [3.63, 3.8) is 0 Å². The van der Waals surface area contributed by atoms with Crippen LogP contribution in [0.15, 0.2) is 41.7 Å². The van der Waals surface area contributed by atoms with E-state index in [1.54, 1.807) is 6.20 Å². The number of benzene rings is 1. The van der Waals surface area contributed by atoms with Gasteiger partial charge in [0.1, 0.15) is 5.82 Å². The lowest BCUT2D eigenvalue weighted by molar-refractivity contribution is -0.138. The summed E-state index contributed by atoms with van der Waals surface area (Å²) in [5.41, 5.74) is 3.37. The Kier molecular flexibility index (Phi) is 4.90. The van der Waals surface area contributed by atoms with E-state index >= 15 is 0 Å². The van der Waals surface area contributed by atoms with Gasteiger partial charge in [0.25, 0.3) is 0 Å². The van der Waals surface area contributed by atoms with Crippen LogP contribution in [0.5, 0.6) is 0 Å². The number of anilines is 1. The standard InChI is InChI=1S/C18H20ClN3O2/c1-3-6-14-16(18(23)24-4-2)15(11-7-5-8-12(19)9-11)13-10-20-22-17(13)21-14/h5,7-10,15H,3-4,6H2,1-2H3,(H2,20,21,22). The van der Waals surface area contributed by atoms with Crippen molar-refractivity contribution in [3.8, 4) is 0 Å². The molecule has 1 aromatic carbocycles. The summed E-state index contributed by atoms with van der Waals surface area (Å²) >= 11 is 6.18. The molecule has 6 heteroatoms. The summed E-state index contributed by atoms with van der Waals surface area (Å²) < 4.78 is 5.33. The second-order valence-electron chi connectivity index (χ2n) is 5.68. The van der Waals surface area contributed by atoms with Crippen LogP contribution in [0.3, 0.4) is 0 Å². The number of aromatic nitrogens is 2. The van der Waals surface area contributed by atoms with E-state index in [2.05, 4.69) is 22.4 Å². The fourth-order valence-electron chi connectivity index (χ4n) is 3.09. The smallest absolute Gasteiger partial charge is 0.336 e. The molecule has 1 aromatic heterocycles. The van der Waals surface area contributed by atoms with E-state index in [0.717, 1.165) is 35.5 Å². The van der Waals surface area contributed by atoms with Crippen LogP contribution in [0.1, 0.15) is 43.7 Å². The largest absolute Gasteiger partial charge is 0.463 e. The minimum absolute atomic E-state index is 0.251. The molecule has 5 nitrogen and oxygen atoms in total. The number of ether oxygens (including phenoxy) is 1. The van der Waals surface area contributed by atoms with Crippen molar-refractivity contribution in [2.75, 3.05) is 11.9 Å². The van der Waals surface area contributed by atoms with Crippen LogP contribution in [-0.4, -0.2) is 22.8 Å². The Morgan fingerprint density at radius 3 is 2.92 bits per heavy atom. The van der Waals surface area contributed by atoms with Crippen LogP contribution >= 0.6 is 11.6 Å². The minimum Gasteiger partial charge on any atom is -0.463 e. The number of carbonyl (C=O) groups excluding carboxylic acids is 1. The zero-order valence-electron chi connectivity index (χ0n) is 13.7. The van der Waals surface area contributed by atoms with Crippen LogP contribution in [0.2, 0.25) is 5.02 Å². The number of allylic oxidation sites excluding steroid dienone is 1. The molecule has 1 aliphatic rings. The van der Waals surface area contributed by atoms with E-state index < -0.39 is 0 Å². The Hall–Kier alpha value is -2.27. The first kappa shape index (κ1) is 16.6. The number of halogens is 1. The van der Waals surface area contributed by atoms with Crippen LogP contribution < -0.4 is 5.32 Å². The first-order valence-electron chi connectivity index (χ1n) is 8.11. The normalized spacial score (nSPS) is 16.5. The van der Waals surface area contributed by atoms with Crippen molar-refractivity contribution in [2.45, 2.75) is 32.6 Å². The number of fused-ring (bicyclic) bond motifs is 1. The van der Waals surface area contributed by atoms with E-state index in [1.165, 1.54) is 0 Å². The second kappa shape index (κ2) is 7.09. The molecule has 0 aliphatic carbocycles. The van der Waals surface area contributed by atoms with Crippen LogP contribution in [0.4, 0.5) is 5.82 Å². The van der Waals surface area contributed by atoms with E-state index in [0.29, 0.717) is 17.2 Å². The molecule has 2 heterocycles. The van der Waals surface area contributed by atoms with E-state index in [1.807, 2.05) is 31.2 Å². The quantitative estimate of drug-likeness (QED) is 0.795. The van der Waals surface area contributed by atoms with Gasteiger partial charge in [0.05, 0.1) is 18.4 Å². The van der Waals surface area contributed by atoms with E-state index in [9.17, 15) is 4.79 Å². The summed E-state index contributed by atoms with van der Waals surface area (Å²) in [6.45, 7) is 4.22. The summed E-state index contributed by atoms with van der Waals surface area (Å²) in [7, 11) is 0. The average Bonchev–Trinajstić information content (AvgIpc) is 3.02. The SMILES string of the molecule is CCCC1=C(C(=O)OCC)C(c2cccc(Cl)c2)c2cn[nH]c2N1. The van der Waals surface area contributed by atoms with Gasteiger partial charge in [-0.25, -0.2) is 4.79 Å². The fourth-order valence-corrected chi connectivity index (χ4v) is 3.29. The summed E-state index contributed by atoms with van der Waals surface area (Å²) in [5.74, 6) is 0.265. The lowest BCUT2D eigenvalue weighted by atomic mass is 9.82. The summed E-state index contributed by atoms with van der Waals surface area (Å²) in [5, 5.41) is 11.1. The maximum absolute atomic E-state index is 12.7. The number of esters is 1. The number of carbonyl (C=O) groups is 1. The van der Waals surface area contributed by atoms with Crippen LogP contribution in [0, 0.1) is 0 Å². The molecule has 24 heavy (non-hydrogen) atoms. The molecule has 1 aliphatic heterocycles. The lowest BCUT2D eigenvalue weighted by Gasteiger charge is -2.28. The highest BCUT2D eigenvalue weighted by Gasteiger charge is 2.35. The first-order valence-corrected chi connectivity index (χ1v) is 8.49. The molecule has 1 unspecified atom stereocenters. The van der Waals surface area contributed by atoms with Crippen molar-refractivity contribution in [1.82, 2.24) is 10.2 Å². The Labute approximate surface area is 146 Å². The predicted octanol–water partition coefficient (Wildman–Crippen LogP) is 4.24. The summed E-state index contributed by atoms with van der Waals surface area (Å²) in [6, 6.07) is 7.57. The molecule has 0 amide bonds. The van der Waals surface area contributed by atoms with Gasteiger partial charge >= 0.3 is 5.97 Å². The maximum Gasteiger partial charge on any atom is 0.336 e. The molecule has 2 N–H and O–H groups in total. The van der Waals surface area contributed by atoms with Crippen molar-refractivity contribution in [3.05, 3.63) is 57.9 Å². The Morgan fingerprint density at radius 1 is 1.38 bits per heavy atom. The highest BCUT2D eigenvalue weighted by molar-refractivity contribution is 6.30. The molecule has 0 fully saturated rings. The van der Waals surface area contributed by atoms with Gasteiger partial charge < -0.3 is 10.1 Å². The molecule has 126 valence electrons. The second-order valence-corrected chi connectivity index (χ2v) is 6.11. The van der Waals surface area contributed by atoms with Gasteiger partial charge in [-0.1, -0.05) is 37.1 Å². The van der Waals surface area contributed by atoms with Crippen molar-refractivity contribution in [2.24, 2.45) is 0 Å². The zero-order valence-corrected chi connectivity index (χ0v) is 14.5. The number of hydrogen-bond donors (Lipinski definition) is 2. The molecule has 0 bridgehead atoms. The number of aromatic amines is 1. The fraction of sp³-hybridized carbons (Fsp3) is 0.333. The molecule has 0 radical (unpaired) electrons. The van der Waals surface area contributed by atoms with Gasteiger partial charge in [-0.2, -0.15) is 5.10 Å². The van der Waals surface area contributed by atoms with Gasteiger partial charge in [0.2, 0.25) is 0 Å². The lowest BCUT2D eigenvalue weighted by Crippen LogP contribution is -2.25. The van der Waals surface area contributed by atoms with Crippen molar-refractivity contribution >= 4 is 23.4 Å². The molecule has 1 atom stereocenters. The zero-order chi connectivity index (χ0) is 17.1. The molecule has 0 saturated carbocycles. The van der Waals surface area contributed by atoms with Gasteiger partial charge in [-0.3, -0.25) is 5.10 Å². The number of hydrogen-bond acceptors (Lipinski definition) is 4. The summed E-state index contributed by atoms with van der Waals surface area (Å²) in [4.78, 5) is 12.7. The molecular formula is C18H20ClN3O2. The van der Waals surface area contributed by atoms with Crippen molar-refractivity contribution < 1.29 is 9.53 Å². The first-order chi connectivity index (χ1) is 11.7. The Balaban J connectivity index is 2.17. The predicted molar refractivity (Wildman–Crippen MR) is 94.1 cm³/mol. The average molecular weight is 346 g/mol. The van der Waals surface area contributed by atoms with E-state index in [4.69, 9.17) is 16.3 Å². The molecule has 2 aromatic rings. The van der Waals surface area contributed by atoms with Crippen molar-refractivity contribution in [1.29, 1.82) is 0 Å². The number of nitrogens with zero attached hydrogens (tertiary/aromatic N) is 1. The van der Waals surface area contributed by atoms with Gasteiger partial charge in [0, 0.05) is 22.2 Å². The molecular weight excluding hydrogens is 326 g/mol. The van der Waals surface area contributed by atoms with Crippen LogP contribution in [0.25, 0.3) is 0 Å². The third kappa shape index (κ3) is 3.04. The van der Waals surface area contributed by atoms with E-state index in [-0.39, 0.29) is 11.9 Å². The maximum atomic E-state index is 12.7. The third-order valence-corrected chi connectivity index (χ3v) is 4.28. The Bertz CT molecular complexity index is 782. The monoisotopic (exact) mass is 345 g/mol. The molecule has 0 saturated heterocycles. The van der Waals surface area contributed by atoms with Gasteiger partial charge in [-0.15, -0.1) is 0 Å². The van der Waals surface area contributed by atoms with Gasteiger partial charge in [-0.05, 0) is 31.0 Å². The summed E-state index contributed by atoms with van der Waals surface area (Å²) in [6.07, 6.45) is 3.41. The number of nitrogens with one attached hydrogen (secondary N) is 2. The van der Waals surface area contributed by atoms with Crippen LogP contribution in [-0.2, 0) is 9.53 Å². The highest BCUT2D eigenvalue weighted by atomic mass is 35.5. The molecule has 3 rings (SSSR count). The van der Waals surface area contributed by atoms with Gasteiger partial charge in [0.15, 0.2) is 0 Å². The molecule has 0 spiro atoms.